The van der Waals surface area contributed by atoms with Crippen LogP contribution in [0.15, 0.2) is 122 Å². The van der Waals surface area contributed by atoms with E-state index in [9.17, 15) is 5.26 Å². The average molecular weight is 541 g/mol. The van der Waals surface area contributed by atoms with Crippen LogP contribution in [0.4, 0.5) is 17.1 Å². The summed E-state index contributed by atoms with van der Waals surface area (Å²) >= 11 is 0. The summed E-state index contributed by atoms with van der Waals surface area (Å²) in [5, 5.41) is 9.56. The van der Waals surface area contributed by atoms with Gasteiger partial charge in [-0.25, -0.2) is 0 Å². The lowest BCUT2D eigenvalue weighted by Gasteiger charge is -2.40. The second-order valence-electron chi connectivity index (χ2n) is 10.5. The van der Waals surface area contributed by atoms with Crippen molar-refractivity contribution < 1.29 is 9.47 Å². The summed E-state index contributed by atoms with van der Waals surface area (Å²) in [5.74, 6) is 2.95. The molecule has 9 rings (SSSR count). The van der Waals surface area contributed by atoms with Crippen molar-refractivity contribution in [1.29, 1.82) is 5.26 Å². The summed E-state index contributed by atoms with van der Waals surface area (Å²) in [4.78, 5) is 11.8. The van der Waals surface area contributed by atoms with Crippen LogP contribution in [-0.4, -0.2) is 9.97 Å². The van der Waals surface area contributed by atoms with E-state index in [0.717, 1.165) is 68.0 Å². The molecule has 0 bridgehead atoms. The van der Waals surface area contributed by atoms with Gasteiger partial charge in [0.2, 0.25) is 0 Å². The number of rotatable bonds is 1. The fourth-order valence-electron chi connectivity index (χ4n) is 6.79. The number of ether oxygens (including phenoxy) is 2. The third kappa shape index (κ3) is 2.86. The highest BCUT2D eigenvalue weighted by atomic mass is 16.5. The van der Waals surface area contributed by atoms with Crippen LogP contribution in [0.1, 0.15) is 27.8 Å². The smallest absolute Gasteiger partial charge is 0.152 e. The first-order chi connectivity index (χ1) is 20.8. The highest BCUT2D eigenvalue weighted by Gasteiger charge is 2.52. The van der Waals surface area contributed by atoms with E-state index in [1.54, 1.807) is 6.07 Å². The van der Waals surface area contributed by atoms with Crippen molar-refractivity contribution in [3.63, 3.8) is 0 Å². The summed E-state index contributed by atoms with van der Waals surface area (Å²) in [7, 11) is 0. The third-order valence-electron chi connectivity index (χ3n) is 8.44. The first kappa shape index (κ1) is 22.8. The Labute approximate surface area is 241 Å². The lowest BCUT2D eigenvalue weighted by atomic mass is 9.66. The van der Waals surface area contributed by atoms with E-state index in [4.69, 9.17) is 19.4 Å². The second-order valence-corrected chi connectivity index (χ2v) is 10.5. The van der Waals surface area contributed by atoms with E-state index >= 15 is 0 Å². The Bertz CT molecular complexity index is 2100. The Morgan fingerprint density at radius 1 is 0.571 bits per heavy atom. The van der Waals surface area contributed by atoms with Gasteiger partial charge in [0.25, 0.3) is 0 Å². The molecule has 4 aromatic carbocycles. The fourth-order valence-corrected chi connectivity index (χ4v) is 6.79. The molecule has 4 heterocycles. The first-order valence-electron chi connectivity index (χ1n) is 13.7. The van der Waals surface area contributed by atoms with Gasteiger partial charge in [-0.3, -0.25) is 9.97 Å². The van der Waals surface area contributed by atoms with Gasteiger partial charge in [-0.2, -0.15) is 5.26 Å². The fraction of sp³-hybridized carbons (Fsp3) is 0.0278. The molecule has 42 heavy (non-hydrogen) atoms. The zero-order valence-electron chi connectivity index (χ0n) is 22.2. The van der Waals surface area contributed by atoms with Gasteiger partial charge in [-0.15, -0.1) is 0 Å². The molecule has 2 aliphatic heterocycles. The molecular formula is C36H20N4O2. The van der Waals surface area contributed by atoms with Crippen molar-refractivity contribution in [3.8, 4) is 40.5 Å². The molecule has 1 spiro atoms. The molecule has 0 atom stereocenters. The average Bonchev–Trinajstić information content (AvgIpc) is 3.34. The number of aromatic nitrogens is 2. The van der Waals surface area contributed by atoms with Gasteiger partial charge in [0, 0.05) is 35.3 Å². The maximum absolute atomic E-state index is 9.56. The minimum absolute atomic E-state index is 0.543. The van der Waals surface area contributed by atoms with Crippen LogP contribution in [0.25, 0.3) is 11.4 Å². The van der Waals surface area contributed by atoms with Gasteiger partial charge in [0.15, 0.2) is 11.5 Å². The van der Waals surface area contributed by atoms with E-state index in [1.165, 1.54) is 0 Å². The number of nitrogens with zero attached hydrogens (tertiary/aromatic N) is 4. The number of nitriles is 1. The summed E-state index contributed by atoms with van der Waals surface area (Å²) in [6, 6.07) is 38.6. The maximum Gasteiger partial charge on any atom is 0.152 e. The zero-order chi connectivity index (χ0) is 27.8. The molecule has 0 radical (unpaired) electrons. The van der Waals surface area contributed by atoms with Crippen molar-refractivity contribution in [2.45, 2.75) is 5.41 Å². The van der Waals surface area contributed by atoms with Crippen LogP contribution in [0.2, 0.25) is 0 Å². The van der Waals surface area contributed by atoms with E-state index in [-0.39, 0.29) is 0 Å². The van der Waals surface area contributed by atoms with E-state index in [2.05, 4.69) is 47.4 Å². The largest absolute Gasteiger partial charge is 0.457 e. The molecular weight excluding hydrogens is 520 g/mol. The van der Waals surface area contributed by atoms with Gasteiger partial charge in [0.1, 0.15) is 11.5 Å². The van der Waals surface area contributed by atoms with Gasteiger partial charge >= 0.3 is 0 Å². The Hall–Kier alpha value is -5.93. The van der Waals surface area contributed by atoms with Crippen molar-refractivity contribution >= 4 is 17.1 Å². The molecule has 2 aromatic heterocycles. The second kappa shape index (κ2) is 8.29. The lowest BCUT2D eigenvalue weighted by molar-refractivity contribution is 0.436. The van der Waals surface area contributed by atoms with Gasteiger partial charge in [0.05, 0.1) is 39.8 Å². The van der Waals surface area contributed by atoms with Crippen molar-refractivity contribution in [2.75, 3.05) is 4.90 Å². The quantitative estimate of drug-likeness (QED) is 0.208. The maximum atomic E-state index is 9.56. The summed E-state index contributed by atoms with van der Waals surface area (Å²) < 4.78 is 12.9. The standard InChI is InChI=1S/C36H20N4O2/c37-21-22-13-15-29-33(19-22)42-32-12-4-2-10-28(32)40(29)23-14-16-31-27(20-23)36(24-7-1-3-11-30(24)41-31)25-8-5-17-38-34(25)35-26(36)9-6-18-39-35/h1-20H. The van der Waals surface area contributed by atoms with E-state index in [1.807, 2.05) is 79.1 Å². The molecule has 3 aliphatic rings. The number of hydrogen-bond donors (Lipinski definition) is 0. The van der Waals surface area contributed by atoms with Crippen molar-refractivity contribution in [2.24, 2.45) is 0 Å². The van der Waals surface area contributed by atoms with Crippen molar-refractivity contribution in [1.82, 2.24) is 9.97 Å². The molecule has 0 fully saturated rings. The predicted octanol–water partition coefficient (Wildman–Crippen LogP) is 8.39. The van der Waals surface area contributed by atoms with E-state index < -0.39 is 5.41 Å². The highest BCUT2D eigenvalue weighted by Crippen LogP contribution is 2.62. The van der Waals surface area contributed by atoms with Gasteiger partial charge < -0.3 is 14.4 Å². The number of pyridine rings is 2. The Morgan fingerprint density at radius 3 is 2.00 bits per heavy atom. The van der Waals surface area contributed by atoms with Crippen LogP contribution < -0.4 is 14.4 Å². The van der Waals surface area contributed by atoms with Crippen LogP contribution in [-0.2, 0) is 5.41 Å². The number of anilines is 3. The minimum atomic E-state index is -0.674. The zero-order valence-corrected chi connectivity index (χ0v) is 22.2. The molecule has 0 saturated carbocycles. The van der Waals surface area contributed by atoms with Crippen LogP contribution in [0.3, 0.4) is 0 Å². The normalized spacial score (nSPS) is 14.2. The number of para-hydroxylation sites is 3. The minimum Gasteiger partial charge on any atom is -0.457 e. The van der Waals surface area contributed by atoms with Crippen molar-refractivity contribution in [3.05, 3.63) is 149 Å². The highest BCUT2D eigenvalue weighted by molar-refractivity contribution is 5.89. The van der Waals surface area contributed by atoms with E-state index in [0.29, 0.717) is 11.3 Å². The summed E-state index contributed by atoms with van der Waals surface area (Å²) in [5.41, 5.74) is 8.57. The third-order valence-corrected chi connectivity index (χ3v) is 8.44. The van der Waals surface area contributed by atoms with Crippen LogP contribution >= 0.6 is 0 Å². The molecule has 0 saturated heterocycles. The lowest BCUT2D eigenvalue weighted by Crippen LogP contribution is -2.32. The molecule has 0 N–H and O–H groups in total. The molecule has 0 amide bonds. The molecule has 6 nitrogen and oxygen atoms in total. The van der Waals surface area contributed by atoms with Gasteiger partial charge in [-0.1, -0.05) is 42.5 Å². The molecule has 6 aromatic rings. The SMILES string of the molecule is N#Cc1ccc2c(c1)Oc1ccccc1N2c1ccc2c(c1)C1(c3ccccc3O2)c2cccnc2-c2ncccc21. The van der Waals surface area contributed by atoms with Crippen LogP contribution in [0.5, 0.6) is 23.0 Å². The van der Waals surface area contributed by atoms with Gasteiger partial charge in [-0.05, 0) is 71.8 Å². The number of benzene rings is 4. The molecule has 0 unspecified atom stereocenters. The number of fused-ring (bicyclic) bond motifs is 11. The number of hydrogen-bond acceptors (Lipinski definition) is 6. The Balaban J connectivity index is 1.36. The topological polar surface area (TPSA) is 71.3 Å². The summed E-state index contributed by atoms with van der Waals surface area (Å²) in [6.07, 6.45) is 3.66. The predicted molar refractivity (Wildman–Crippen MR) is 159 cm³/mol. The van der Waals surface area contributed by atoms with Crippen LogP contribution in [0, 0.1) is 11.3 Å². The molecule has 196 valence electrons. The summed E-state index contributed by atoms with van der Waals surface area (Å²) in [6.45, 7) is 0. The Kier molecular flexibility index (Phi) is 4.51. The molecule has 1 aliphatic carbocycles. The Morgan fingerprint density at radius 2 is 1.21 bits per heavy atom. The monoisotopic (exact) mass is 540 g/mol. The first-order valence-corrected chi connectivity index (χ1v) is 13.7. The molecule has 6 heteroatoms.